The van der Waals surface area contributed by atoms with E-state index in [1.54, 1.807) is 0 Å². The van der Waals surface area contributed by atoms with Crippen LogP contribution in [0, 0.1) is 0 Å². The van der Waals surface area contributed by atoms with E-state index < -0.39 is 0 Å². The van der Waals surface area contributed by atoms with E-state index in [1.165, 1.54) is 44.5 Å². The van der Waals surface area contributed by atoms with Crippen LogP contribution < -0.4 is 9.31 Å². The Morgan fingerprint density at radius 3 is 1.33 bits per heavy atom. The van der Waals surface area contributed by atoms with E-state index in [2.05, 4.69) is 100 Å². The van der Waals surface area contributed by atoms with E-state index in [-0.39, 0.29) is 18.5 Å². The third-order valence-electron chi connectivity index (χ3n) is 7.56. The molecule has 6 rings (SSSR count). The lowest BCUT2D eigenvalue weighted by Gasteiger charge is -2.22. The lowest BCUT2D eigenvalue weighted by molar-refractivity contribution is 0.457. The molecule has 2 aliphatic carbocycles. The third kappa shape index (κ3) is 2.95. The lowest BCUT2D eigenvalue weighted by atomic mass is 9.82. The summed E-state index contributed by atoms with van der Waals surface area (Å²) >= 11 is 0. The van der Waals surface area contributed by atoms with Crippen molar-refractivity contribution in [3.8, 4) is 33.8 Å². The van der Waals surface area contributed by atoms with Gasteiger partial charge in [-0.15, -0.1) is 0 Å². The third-order valence-corrected chi connectivity index (χ3v) is 7.56. The standard InChI is InChI=1S/C30H27BO2/c1-29(2)25-11-7-5-9-21(25)23-15-13-19(17-27(23)29)32-31-33-20-14-16-24-22-10-6-8-12-26(22)30(3,4)28(24)18-20/h5-18,31H,1-4H3. The predicted octanol–water partition coefficient (Wildman–Crippen LogP) is 7.02. The highest BCUT2D eigenvalue weighted by atomic mass is 16.6. The summed E-state index contributed by atoms with van der Waals surface area (Å²) < 4.78 is 12.1. The molecule has 2 aliphatic rings. The zero-order chi connectivity index (χ0) is 22.8. The van der Waals surface area contributed by atoms with Crippen LogP contribution in [-0.2, 0) is 10.8 Å². The maximum Gasteiger partial charge on any atom is 0.576 e. The van der Waals surface area contributed by atoms with Crippen LogP contribution in [0.2, 0.25) is 0 Å². The summed E-state index contributed by atoms with van der Waals surface area (Å²) in [4.78, 5) is 0. The highest BCUT2D eigenvalue weighted by molar-refractivity contribution is 6.20. The molecule has 0 bridgehead atoms. The number of rotatable bonds is 4. The van der Waals surface area contributed by atoms with Crippen molar-refractivity contribution in [1.82, 2.24) is 0 Å². The van der Waals surface area contributed by atoms with Crippen molar-refractivity contribution < 1.29 is 9.31 Å². The van der Waals surface area contributed by atoms with Gasteiger partial charge in [-0.3, -0.25) is 0 Å². The van der Waals surface area contributed by atoms with E-state index in [4.69, 9.17) is 9.31 Å². The summed E-state index contributed by atoms with van der Waals surface area (Å²) in [6.07, 6.45) is 0. The van der Waals surface area contributed by atoms with E-state index in [0.717, 1.165) is 11.5 Å². The molecular formula is C30H27BO2. The van der Waals surface area contributed by atoms with Gasteiger partial charge in [-0.2, -0.15) is 0 Å². The Morgan fingerprint density at radius 1 is 0.485 bits per heavy atom. The van der Waals surface area contributed by atoms with Gasteiger partial charge in [-0.1, -0.05) is 88.4 Å². The molecule has 0 unspecified atom stereocenters. The lowest BCUT2D eigenvalue weighted by Crippen LogP contribution is -2.16. The molecule has 4 aromatic carbocycles. The summed E-state index contributed by atoms with van der Waals surface area (Å²) in [5.74, 6) is 1.67. The predicted molar refractivity (Wildman–Crippen MR) is 136 cm³/mol. The van der Waals surface area contributed by atoms with Gasteiger partial charge in [0.15, 0.2) is 0 Å². The first-order valence-corrected chi connectivity index (χ1v) is 11.6. The maximum atomic E-state index is 6.04. The summed E-state index contributed by atoms with van der Waals surface area (Å²) in [5, 5.41) is 0. The topological polar surface area (TPSA) is 18.5 Å². The molecule has 0 fully saturated rings. The molecule has 0 saturated carbocycles. The molecule has 0 saturated heterocycles. The minimum absolute atomic E-state index is 0.0350. The minimum atomic E-state index is -0.0350. The first-order chi connectivity index (χ1) is 15.9. The fourth-order valence-electron chi connectivity index (χ4n) is 5.71. The number of benzene rings is 4. The Bertz CT molecular complexity index is 1290. The second kappa shape index (κ2) is 7.02. The molecule has 0 N–H and O–H groups in total. The smallest absolute Gasteiger partial charge is 0.529 e. The van der Waals surface area contributed by atoms with Crippen LogP contribution >= 0.6 is 0 Å². The van der Waals surface area contributed by atoms with Gasteiger partial charge in [0.2, 0.25) is 0 Å². The molecule has 0 aromatic heterocycles. The molecule has 3 heteroatoms. The van der Waals surface area contributed by atoms with Crippen LogP contribution in [0.4, 0.5) is 0 Å². The molecule has 0 aliphatic heterocycles. The normalized spacial score (nSPS) is 15.8. The van der Waals surface area contributed by atoms with Crippen LogP contribution in [0.1, 0.15) is 49.9 Å². The van der Waals surface area contributed by atoms with Crippen molar-refractivity contribution in [3.63, 3.8) is 0 Å². The first-order valence-electron chi connectivity index (χ1n) is 11.6. The Balaban J connectivity index is 1.21. The average Bonchev–Trinajstić information content (AvgIpc) is 3.19. The van der Waals surface area contributed by atoms with Gasteiger partial charge in [-0.25, -0.2) is 0 Å². The Kier molecular flexibility index (Phi) is 4.29. The molecule has 0 radical (unpaired) electrons. The molecule has 0 atom stereocenters. The van der Waals surface area contributed by atoms with E-state index in [0.29, 0.717) is 0 Å². The van der Waals surface area contributed by atoms with Gasteiger partial charge in [-0.05, 0) is 68.8 Å². The minimum Gasteiger partial charge on any atom is -0.529 e. The largest absolute Gasteiger partial charge is 0.576 e. The SMILES string of the molecule is CC1(C)c2ccccc2-c2ccc(OBOc3ccc4c(c3)C(C)(C)c3ccccc3-4)cc21. The molecule has 0 spiro atoms. The van der Waals surface area contributed by atoms with Gasteiger partial charge in [0.05, 0.1) is 0 Å². The van der Waals surface area contributed by atoms with Crippen LogP contribution in [0.25, 0.3) is 22.3 Å². The summed E-state index contributed by atoms with van der Waals surface area (Å²) in [6.45, 7) is 9.12. The van der Waals surface area contributed by atoms with Crippen molar-refractivity contribution in [2.45, 2.75) is 38.5 Å². The molecule has 33 heavy (non-hydrogen) atoms. The molecule has 162 valence electrons. The highest BCUT2D eigenvalue weighted by Crippen LogP contribution is 2.50. The second-order valence-electron chi connectivity index (χ2n) is 10.2. The van der Waals surface area contributed by atoms with Crippen molar-refractivity contribution in [2.75, 3.05) is 0 Å². The number of fused-ring (bicyclic) bond motifs is 6. The molecule has 2 nitrogen and oxygen atoms in total. The summed E-state index contributed by atoms with van der Waals surface area (Å²) in [6, 6.07) is 30.1. The highest BCUT2D eigenvalue weighted by Gasteiger charge is 2.36. The zero-order valence-electron chi connectivity index (χ0n) is 19.6. The quantitative estimate of drug-likeness (QED) is 0.324. The van der Waals surface area contributed by atoms with E-state index >= 15 is 0 Å². The zero-order valence-corrected chi connectivity index (χ0v) is 19.6. The van der Waals surface area contributed by atoms with Gasteiger partial charge in [0.25, 0.3) is 0 Å². The van der Waals surface area contributed by atoms with Gasteiger partial charge < -0.3 is 9.31 Å². The number of hydrogen-bond acceptors (Lipinski definition) is 2. The van der Waals surface area contributed by atoms with Gasteiger partial charge in [0.1, 0.15) is 11.5 Å². The Labute approximate surface area is 196 Å². The fourth-order valence-corrected chi connectivity index (χ4v) is 5.71. The summed E-state index contributed by atoms with van der Waals surface area (Å²) in [5.41, 5.74) is 10.5. The number of hydrogen-bond donors (Lipinski definition) is 0. The first kappa shape index (κ1) is 20.2. The van der Waals surface area contributed by atoms with Crippen LogP contribution in [0.3, 0.4) is 0 Å². The second-order valence-corrected chi connectivity index (χ2v) is 10.2. The monoisotopic (exact) mass is 430 g/mol. The average molecular weight is 430 g/mol. The van der Waals surface area contributed by atoms with Gasteiger partial charge in [0, 0.05) is 10.8 Å². The van der Waals surface area contributed by atoms with Crippen LogP contribution in [-0.4, -0.2) is 7.69 Å². The van der Waals surface area contributed by atoms with Crippen LogP contribution in [0.5, 0.6) is 11.5 Å². The molecular weight excluding hydrogens is 403 g/mol. The molecule has 4 aromatic rings. The Hall–Kier alpha value is -3.46. The fraction of sp³-hybridized carbons (Fsp3) is 0.200. The molecule has 0 heterocycles. The maximum absolute atomic E-state index is 6.04. The van der Waals surface area contributed by atoms with Crippen molar-refractivity contribution in [2.24, 2.45) is 0 Å². The van der Waals surface area contributed by atoms with Crippen molar-refractivity contribution in [3.05, 3.63) is 107 Å². The Morgan fingerprint density at radius 2 is 0.879 bits per heavy atom. The van der Waals surface area contributed by atoms with E-state index in [1.807, 2.05) is 12.1 Å². The van der Waals surface area contributed by atoms with Crippen molar-refractivity contribution >= 4 is 7.69 Å². The molecule has 0 amide bonds. The summed E-state index contributed by atoms with van der Waals surface area (Å²) in [7, 11) is 0.179. The van der Waals surface area contributed by atoms with Gasteiger partial charge >= 0.3 is 7.69 Å². The van der Waals surface area contributed by atoms with Crippen molar-refractivity contribution in [1.29, 1.82) is 0 Å². The van der Waals surface area contributed by atoms with E-state index in [9.17, 15) is 0 Å². The van der Waals surface area contributed by atoms with Crippen LogP contribution in [0.15, 0.2) is 84.9 Å².